The highest BCUT2D eigenvalue weighted by Crippen LogP contribution is 2.27. The van der Waals surface area contributed by atoms with Gasteiger partial charge >= 0.3 is 0 Å². The van der Waals surface area contributed by atoms with Gasteiger partial charge in [-0.25, -0.2) is 0 Å². The molecule has 0 N–H and O–H groups in total. The van der Waals surface area contributed by atoms with Gasteiger partial charge in [-0.05, 0) is 38.0 Å². The first-order chi connectivity index (χ1) is 6.36. The van der Waals surface area contributed by atoms with Crippen LogP contribution >= 0.6 is 0 Å². The van der Waals surface area contributed by atoms with E-state index < -0.39 is 0 Å². The predicted octanol–water partition coefficient (Wildman–Crippen LogP) is 2.24. The Bertz CT molecular complexity index is 146. The second-order valence-corrected chi connectivity index (χ2v) is 4.62. The molecule has 0 aromatic heterocycles. The molecular formula is C11H21NO. The summed E-state index contributed by atoms with van der Waals surface area (Å²) in [5.74, 6) is 0.960. The van der Waals surface area contributed by atoms with E-state index in [1.807, 2.05) is 0 Å². The van der Waals surface area contributed by atoms with E-state index in [0.717, 1.165) is 25.3 Å². The van der Waals surface area contributed by atoms with E-state index in [4.69, 9.17) is 4.74 Å². The first-order valence-corrected chi connectivity index (χ1v) is 5.68. The summed E-state index contributed by atoms with van der Waals surface area (Å²) >= 11 is 0. The first-order valence-electron chi connectivity index (χ1n) is 5.68. The zero-order valence-corrected chi connectivity index (χ0v) is 8.67. The maximum atomic E-state index is 5.49. The largest absolute Gasteiger partial charge is 0.366 e. The summed E-state index contributed by atoms with van der Waals surface area (Å²) in [6.07, 6.45) is 6.85. The lowest BCUT2D eigenvalue weighted by molar-refractivity contribution is -0.0451. The zero-order chi connectivity index (χ0) is 9.10. The molecule has 1 saturated heterocycles. The molecule has 0 aromatic carbocycles. The predicted molar refractivity (Wildman–Crippen MR) is 53.6 cm³/mol. The van der Waals surface area contributed by atoms with Crippen LogP contribution in [0.25, 0.3) is 0 Å². The highest BCUT2D eigenvalue weighted by atomic mass is 16.5. The Labute approximate surface area is 81.3 Å². The second kappa shape index (κ2) is 4.43. The molecule has 1 heterocycles. The van der Waals surface area contributed by atoms with Gasteiger partial charge < -0.3 is 4.74 Å². The monoisotopic (exact) mass is 183 g/mol. The lowest BCUT2D eigenvalue weighted by Crippen LogP contribution is -2.42. The van der Waals surface area contributed by atoms with Crippen molar-refractivity contribution in [3.8, 4) is 0 Å². The summed E-state index contributed by atoms with van der Waals surface area (Å²) in [6, 6.07) is 0.830. The highest BCUT2D eigenvalue weighted by Gasteiger charge is 2.24. The van der Waals surface area contributed by atoms with E-state index in [1.54, 1.807) is 0 Å². The molecule has 0 atom stereocenters. The van der Waals surface area contributed by atoms with Gasteiger partial charge in [-0.15, -0.1) is 0 Å². The van der Waals surface area contributed by atoms with Crippen molar-refractivity contribution in [1.29, 1.82) is 0 Å². The van der Waals surface area contributed by atoms with Crippen molar-refractivity contribution in [3.63, 3.8) is 0 Å². The third kappa shape index (κ3) is 2.44. The lowest BCUT2D eigenvalue weighted by Gasteiger charge is -2.37. The van der Waals surface area contributed by atoms with Gasteiger partial charge in [0.1, 0.15) is 0 Å². The molecule has 2 aliphatic rings. The van der Waals surface area contributed by atoms with Crippen molar-refractivity contribution in [2.45, 2.75) is 45.1 Å². The van der Waals surface area contributed by atoms with Gasteiger partial charge in [0, 0.05) is 19.2 Å². The normalized spacial score (nSPS) is 37.6. The molecule has 13 heavy (non-hydrogen) atoms. The summed E-state index contributed by atoms with van der Waals surface area (Å²) in [4.78, 5) is 2.54. The van der Waals surface area contributed by atoms with Gasteiger partial charge in [0.15, 0.2) is 0 Å². The van der Waals surface area contributed by atoms with E-state index in [9.17, 15) is 0 Å². The second-order valence-electron chi connectivity index (χ2n) is 4.62. The fraction of sp³-hybridized carbons (Fsp3) is 1.00. The van der Waals surface area contributed by atoms with Crippen LogP contribution in [0.5, 0.6) is 0 Å². The van der Waals surface area contributed by atoms with E-state index in [-0.39, 0.29) is 0 Å². The van der Waals surface area contributed by atoms with Crippen LogP contribution in [-0.2, 0) is 4.74 Å². The third-order valence-corrected chi connectivity index (χ3v) is 3.49. The Hall–Kier alpha value is -0.0800. The van der Waals surface area contributed by atoms with Crippen molar-refractivity contribution in [2.75, 3.05) is 19.9 Å². The van der Waals surface area contributed by atoms with Crippen molar-refractivity contribution in [1.82, 2.24) is 4.90 Å². The van der Waals surface area contributed by atoms with E-state index in [2.05, 4.69) is 11.8 Å². The zero-order valence-electron chi connectivity index (χ0n) is 8.67. The Morgan fingerprint density at radius 3 is 2.54 bits per heavy atom. The van der Waals surface area contributed by atoms with Gasteiger partial charge in [-0.1, -0.05) is 6.92 Å². The quantitative estimate of drug-likeness (QED) is 0.618. The van der Waals surface area contributed by atoms with Gasteiger partial charge in [0.2, 0.25) is 0 Å². The van der Waals surface area contributed by atoms with Gasteiger partial charge in [-0.3, -0.25) is 4.90 Å². The van der Waals surface area contributed by atoms with Crippen LogP contribution in [0.1, 0.15) is 39.0 Å². The fourth-order valence-corrected chi connectivity index (χ4v) is 2.51. The number of hydrogen-bond donors (Lipinski definition) is 0. The Morgan fingerprint density at radius 2 is 1.92 bits per heavy atom. The van der Waals surface area contributed by atoms with Crippen molar-refractivity contribution < 1.29 is 4.74 Å². The molecule has 76 valence electrons. The molecule has 1 aliphatic heterocycles. The molecule has 1 aliphatic carbocycles. The van der Waals surface area contributed by atoms with E-state index in [1.165, 1.54) is 38.6 Å². The first kappa shape index (κ1) is 9.47. The molecule has 0 amide bonds. The number of nitrogens with zero attached hydrogens (tertiary/aromatic N) is 1. The Morgan fingerprint density at radius 1 is 1.15 bits per heavy atom. The van der Waals surface area contributed by atoms with Crippen LogP contribution < -0.4 is 0 Å². The molecule has 2 heteroatoms. The van der Waals surface area contributed by atoms with Gasteiger partial charge in [-0.2, -0.15) is 0 Å². The lowest BCUT2D eigenvalue weighted by atomic mass is 9.86. The number of ether oxygens (including phenoxy) is 1. The SMILES string of the molecule is C[C@H]1CC[C@H](N2CCCOC2)CC1. The van der Waals surface area contributed by atoms with Crippen LogP contribution in [0.4, 0.5) is 0 Å². The molecule has 0 radical (unpaired) electrons. The summed E-state index contributed by atoms with van der Waals surface area (Å²) in [7, 11) is 0. The fourth-order valence-electron chi connectivity index (χ4n) is 2.51. The minimum atomic E-state index is 0.830. The summed E-state index contributed by atoms with van der Waals surface area (Å²) in [5.41, 5.74) is 0. The topological polar surface area (TPSA) is 12.5 Å². The minimum Gasteiger partial charge on any atom is -0.366 e. The Kier molecular flexibility index (Phi) is 3.23. The molecule has 2 rings (SSSR count). The molecule has 0 unspecified atom stereocenters. The molecular weight excluding hydrogens is 162 g/mol. The Balaban J connectivity index is 1.79. The maximum absolute atomic E-state index is 5.49. The molecule has 2 fully saturated rings. The maximum Gasteiger partial charge on any atom is 0.0992 e. The summed E-state index contributed by atoms with van der Waals surface area (Å²) in [6.45, 7) is 5.50. The summed E-state index contributed by atoms with van der Waals surface area (Å²) in [5, 5.41) is 0. The number of rotatable bonds is 1. The number of hydrogen-bond acceptors (Lipinski definition) is 2. The minimum absolute atomic E-state index is 0.830. The third-order valence-electron chi connectivity index (χ3n) is 3.49. The van der Waals surface area contributed by atoms with Gasteiger partial charge in [0.05, 0.1) is 6.73 Å². The van der Waals surface area contributed by atoms with Crippen LogP contribution in [0.2, 0.25) is 0 Å². The molecule has 1 saturated carbocycles. The molecule has 0 bridgehead atoms. The summed E-state index contributed by atoms with van der Waals surface area (Å²) < 4.78 is 5.49. The highest BCUT2D eigenvalue weighted by molar-refractivity contribution is 4.78. The van der Waals surface area contributed by atoms with Crippen molar-refractivity contribution in [3.05, 3.63) is 0 Å². The average molecular weight is 183 g/mol. The van der Waals surface area contributed by atoms with Crippen LogP contribution in [-0.4, -0.2) is 30.8 Å². The standard InChI is InChI=1S/C11H21NO/c1-10-3-5-11(6-4-10)12-7-2-8-13-9-12/h10-11H,2-9H2,1H3/t10-,11-. The van der Waals surface area contributed by atoms with E-state index >= 15 is 0 Å². The van der Waals surface area contributed by atoms with Crippen LogP contribution in [0, 0.1) is 5.92 Å². The van der Waals surface area contributed by atoms with Crippen LogP contribution in [0.15, 0.2) is 0 Å². The molecule has 2 nitrogen and oxygen atoms in total. The van der Waals surface area contributed by atoms with Crippen LogP contribution in [0.3, 0.4) is 0 Å². The van der Waals surface area contributed by atoms with Gasteiger partial charge in [0.25, 0.3) is 0 Å². The molecule has 0 spiro atoms. The molecule has 0 aromatic rings. The smallest absolute Gasteiger partial charge is 0.0992 e. The van der Waals surface area contributed by atoms with Crippen molar-refractivity contribution in [2.24, 2.45) is 5.92 Å². The van der Waals surface area contributed by atoms with Crippen molar-refractivity contribution >= 4 is 0 Å². The average Bonchev–Trinajstić information content (AvgIpc) is 2.20. The van der Waals surface area contributed by atoms with E-state index in [0.29, 0.717) is 0 Å².